The van der Waals surface area contributed by atoms with Crippen LogP contribution in [0.15, 0.2) is 24.3 Å². The first-order chi connectivity index (χ1) is 11.0. The number of fused-ring (bicyclic) bond motifs is 1. The Morgan fingerprint density at radius 1 is 1.43 bits per heavy atom. The van der Waals surface area contributed by atoms with Crippen LogP contribution in [0.5, 0.6) is 0 Å². The molecule has 1 aromatic heterocycles. The lowest BCUT2D eigenvalue weighted by atomic mass is 10.1. The molecule has 0 aliphatic carbocycles. The van der Waals surface area contributed by atoms with Gasteiger partial charge in [0.2, 0.25) is 0 Å². The summed E-state index contributed by atoms with van der Waals surface area (Å²) in [7, 11) is 1.36. The number of rotatable bonds is 7. The Morgan fingerprint density at radius 3 is 2.87 bits per heavy atom. The molecule has 2 rings (SSSR count). The van der Waals surface area contributed by atoms with Crippen LogP contribution >= 0.6 is 0 Å². The van der Waals surface area contributed by atoms with E-state index < -0.39 is 0 Å². The van der Waals surface area contributed by atoms with Crippen LogP contribution in [-0.4, -0.2) is 34.3 Å². The lowest BCUT2D eigenvalue weighted by molar-refractivity contribution is -0.134. The number of hydrogen-bond acceptors (Lipinski definition) is 4. The third-order valence-electron chi connectivity index (χ3n) is 3.60. The van der Waals surface area contributed by atoms with Crippen molar-refractivity contribution >= 4 is 23.1 Å². The number of carbonyl (C=O) groups excluding carboxylic acids is 1. The molecule has 0 aliphatic rings. The molecule has 1 heterocycles. The summed E-state index contributed by atoms with van der Waals surface area (Å²) in [5.74, 6) is 1.18. The van der Waals surface area contributed by atoms with Crippen LogP contribution in [-0.2, 0) is 22.5 Å². The number of ether oxygens (including phenoxy) is 1. The summed E-state index contributed by atoms with van der Waals surface area (Å²) in [5, 5.41) is 9.11. The Balaban J connectivity index is 2.38. The molecule has 0 unspecified atom stereocenters. The first-order valence-corrected chi connectivity index (χ1v) is 7.91. The summed E-state index contributed by atoms with van der Waals surface area (Å²) in [4.78, 5) is 15.9. The molecular weight excluding hydrogens is 292 g/mol. The Hall–Kier alpha value is -2.14. The molecule has 0 fully saturated rings. The van der Waals surface area contributed by atoms with E-state index in [1.54, 1.807) is 6.08 Å². The molecular formula is C18H24N2O3. The van der Waals surface area contributed by atoms with E-state index in [9.17, 15) is 4.79 Å². The highest BCUT2D eigenvalue weighted by atomic mass is 16.5. The normalized spacial score (nSPS) is 11.7. The van der Waals surface area contributed by atoms with E-state index in [0.29, 0.717) is 12.3 Å². The summed E-state index contributed by atoms with van der Waals surface area (Å²) in [5.41, 5.74) is 2.88. The van der Waals surface area contributed by atoms with E-state index in [1.165, 1.54) is 13.2 Å². The van der Waals surface area contributed by atoms with Crippen LogP contribution in [0.3, 0.4) is 0 Å². The van der Waals surface area contributed by atoms with Crippen LogP contribution in [0.2, 0.25) is 0 Å². The van der Waals surface area contributed by atoms with Crippen molar-refractivity contribution in [3.05, 3.63) is 35.7 Å². The minimum absolute atomic E-state index is 0.167. The van der Waals surface area contributed by atoms with Crippen molar-refractivity contribution < 1.29 is 14.6 Å². The van der Waals surface area contributed by atoms with Gasteiger partial charge in [0.1, 0.15) is 5.82 Å². The molecule has 0 spiro atoms. The molecule has 2 aromatic rings. The van der Waals surface area contributed by atoms with Crippen LogP contribution in [0.25, 0.3) is 17.1 Å². The maximum absolute atomic E-state index is 11.2. The summed E-state index contributed by atoms with van der Waals surface area (Å²) in [6, 6.07) is 5.94. The minimum Gasteiger partial charge on any atom is -0.466 e. The van der Waals surface area contributed by atoms with E-state index in [0.717, 1.165) is 35.4 Å². The molecule has 0 amide bonds. The first-order valence-electron chi connectivity index (χ1n) is 7.91. The molecule has 1 N–H and O–H groups in total. The topological polar surface area (TPSA) is 64.3 Å². The number of esters is 1. The van der Waals surface area contributed by atoms with Crippen molar-refractivity contribution in [3.63, 3.8) is 0 Å². The number of aliphatic hydroxyl groups is 1. The van der Waals surface area contributed by atoms with Gasteiger partial charge in [-0.25, -0.2) is 9.78 Å². The van der Waals surface area contributed by atoms with Crippen LogP contribution in [0.4, 0.5) is 0 Å². The largest absolute Gasteiger partial charge is 0.466 e. The zero-order valence-electron chi connectivity index (χ0n) is 14.0. The maximum atomic E-state index is 11.2. The molecule has 0 bridgehead atoms. The van der Waals surface area contributed by atoms with Gasteiger partial charge in [-0.15, -0.1) is 0 Å². The fraction of sp³-hybridized carbons (Fsp3) is 0.444. The molecule has 1 aromatic carbocycles. The molecule has 5 heteroatoms. The van der Waals surface area contributed by atoms with Gasteiger partial charge in [-0.3, -0.25) is 0 Å². The zero-order valence-corrected chi connectivity index (χ0v) is 14.0. The molecule has 5 nitrogen and oxygen atoms in total. The van der Waals surface area contributed by atoms with Crippen molar-refractivity contribution in [3.8, 4) is 0 Å². The lowest BCUT2D eigenvalue weighted by Crippen LogP contribution is -2.08. The smallest absolute Gasteiger partial charge is 0.330 e. The van der Waals surface area contributed by atoms with E-state index >= 15 is 0 Å². The summed E-state index contributed by atoms with van der Waals surface area (Å²) in [6.45, 7) is 5.26. The van der Waals surface area contributed by atoms with E-state index in [-0.39, 0.29) is 12.6 Å². The highest BCUT2D eigenvalue weighted by Crippen LogP contribution is 2.21. The summed E-state index contributed by atoms with van der Waals surface area (Å²) >= 11 is 0. The first kappa shape index (κ1) is 17.2. The zero-order chi connectivity index (χ0) is 16.8. The van der Waals surface area contributed by atoms with Crippen LogP contribution < -0.4 is 0 Å². The molecule has 0 atom stereocenters. The van der Waals surface area contributed by atoms with Gasteiger partial charge in [0.15, 0.2) is 0 Å². The molecule has 0 saturated heterocycles. The lowest BCUT2D eigenvalue weighted by Gasteiger charge is -2.10. The second-order valence-electron chi connectivity index (χ2n) is 5.96. The standard InChI is InChI=1S/C18H24N2O3/c1-13(2)11-17-19-15-12-14(6-8-18(22)23-3)5-7-16(15)20(17)9-4-10-21/h5-8,12-13,21H,4,9-11H2,1-3H3. The number of nitrogens with zero attached hydrogens (tertiary/aromatic N) is 2. The Morgan fingerprint density at radius 2 is 2.22 bits per heavy atom. The molecule has 124 valence electrons. The molecule has 0 saturated carbocycles. The average Bonchev–Trinajstić information content (AvgIpc) is 2.86. The maximum Gasteiger partial charge on any atom is 0.330 e. The number of aryl methyl sites for hydroxylation is 1. The van der Waals surface area contributed by atoms with Crippen molar-refractivity contribution in [1.82, 2.24) is 9.55 Å². The van der Waals surface area contributed by atoms with Gasteiger partial charge < -0.3 is 14.4 Å². The van der Waals surface area contributed by atoms with Gasteiger partial charge in [0.25, 0.3) is 0 Å². The monoisotopic (exact) mass is 316 g/mol. The van der Waals surface area contributed by atoms with Crippen molar-refractivity contribution in [2.24, 2.45) is 5.92 Å². The predicted molar refractivity (Wildman–Crippen MR) is 91.0 cm³/mol. The van der Waals surface area contributed by atoms with E-state index in [4.69, 9.17) is 10.1 Å². The number of hydrogen-bond donors (Lipinski definition) is 1. The summed E-state index contributed by atoms with van der Waals surface area (Å²) < 4.78 is 6.78. The number of methoxy groups -OCH3 is 1. The second kappa shape index (κ2) is 7.92. The van der Waals surface area contributed by atoms with Gasteiger partial charge in [0, 0.05) is 25.6 Å². The fourth-order valence-electron chi connectivity index (χ4n) is 2.53. The number of aliphatic hydroxyl groups excluding tert-OH is 1. The Bertz CT molecular complexity index is 702. The van der Waals surface area contributed by atoms with Crippen molar-refractivity contribution in [2.75, 3.05) is 13.7 Å². The Kier molecular flexibility index (Phi) is 5.93. The number of carbonyl (C=O) groups is 1. The van der Waals surface area contributed by atoms with E-state index in [1.807, 2.05) is 18.2 Å². The van der Waals surface area contributed by atoms with Gasteiger partial charge in [-0.1, -0.05) is 19.9 Å². The highest BCUT2D eigenvalue weighted by molar-refractivity contribution is 5.88. The molecule has 23 heavy (non-hydrogen) atoms. The second-order valence-corrected chi connectivity index (χ2v) is 5.96. The fourth-order valence-corrected chi connectivity index (χ4v) is 2.53. The van der Waals surface area contributed by atoms with Crippen LogP contribution in [0.1, 0.15) is 31.7 Å². The molecule has 0 aliphatic heterocycles. The van der Waals surface area contributed by atoms with Gasteiger partial charge in [-0.2, -0.15) is 0 Å². The van der Waals surface area contributed by atoms with Gasteiger partial charge in [0.05, 0.1) is 18.1 Å². The minimum atomic E-state index is -0.376. The van der Waals surface area contributed by atoms with Crippen molar-refractivity contribution in [1.29, 1.82) is 0 Å². The quantitative estimate of drug-likeness (QED) is 0.630. The number of aromatic nitrogens is 2. The third kappa shape index (κ3) is 4.42. The van der Waals surface area contributed by atoms with Crippen LogP contribution in [0, 0.1) is 5.92 Å². The summed E-state index contributed by atoms with van der Waals surface area (Å²) in [6.07, 6.45) is 4.73. The van der Waals surface area contributed by atoms with Gasteiger partial charge >= 0.3 is 5.97 Å². The predicted octanol–water partition coefficient (Wildman–Crippen LogP) is 2.80. The Labute approximate surface area is 136 Å². The highest BCUT2D eigenvalue weighted by Gasteiger charge is 2.12. The SMILES string of the molecule is COC(=O)C=Cc1ccc2c(c1)nc(CC(C)C)n2CCCO. The number of imidazole rings is 1. The van der Waals surface area contributed by atoms with Gasteiger partial charge in [-0.05, 0) is 36.1 Å². The average molecular weight is 316 g/mol. The van der Waals surface area contributed by atoms with E-state index in [2.05, 4.69) is 23.2 Å². The third-order valence-corrected chi connectivity index (χ3v) is 3.60. The van der Waals surface area contributed by atoms with Crippen molar-refractivity contribution in [2.45, 2.75) is 33.2 Å². The number of benzene rings is 1. The molecule has 0 radical (unpaired) electrons.